The molecule has 0 spiro atoms. The van der Waals surface area contributed by atoms with Crippen LogP contribution in [0.15, 0.2) is 36.4 Å². The minimum Gasteiger partial charge on any atom is -0.442 e. The molecule has 1 aliphatic heterocycles. The van der Waals surface area contributed by atoms with Crippen LogP contribution in [0.2, 0.25) is 0 Å². The van der Waals surface area contributed by atoms with Gasteiger partial charge in [0.1, 0.15) is 17.7 Å². The van der Waals surface area contributed by atoms with Gasteiger partial charge in [-0.3, -0.25) is 9.59 Å². The highest BCUT2D eigenvalue weighted by Gasteiger charge is 2.34. The van der Waals surface area contributed by atoms with Gasteiger partial charge < -0.3 is 30.3 Å². The van der Waals surface area contributed by atoms with E-state index >= 15 is 0 Å². The highest BCUT2D eigenvalue weighted by atomic mass is 19.1. The third-order valence-electron chi connectivity index (χ3n) is 7.18. The van der Waals surface area contributed by atoms with Gasteiger partial charge >= 0.3 is 6.09 Å². The zero-order chi connectivity index (χ0) is 31.0. The number of nitrogens with zero attached hydrogens (tertiary/aromatic N) is 3. The number of carbonyl (C=O) groups excluding carboxylic acids is 3. The number of aryl methyl sites for hydroxylation is 1. The molecule has 3 amide bonds. The third kappa shape index (κ3) is 8.72. The number of amides is 3. The van der Waals surface area contributed by atoms with Crippen molar-refractivity contribution in [2.24, 2.45) is 5.73 Å². The second kappa shape index (κ2) is 15.1. The Kier molecular flexibility index (Phi) is 11.8. The van der Waals surface area contributed by atoms with Crippen molar-refractivity contribution >= 4 is 17.9 Å². The molecule has 3 rings (SSSR count). The van der Waals surface area contributed by atoms with Crippen molar-refractivity contribution < 1.29 is 33.0 Å². The smallest absolute Gasteiger partial charge is 0.410 e. The molecule has 0 unspecified atom stereocenters. The molecule has 0 aromatic heterocycles. The second-order valence-corrected chi connectivity index (χ2v) is 10.8. The molecule has 0 radical (unpaired) electrons. The lowest BCUT2D eigenvalue weighted by molar-refractivity contribution is 0.0440. The molecule has 9 nitrogen and oxygen atoms in total. The Balaban J connectivity index is 1.87. The van der Waals surface area contributed by atoms with Gasteiger partial charge in [0.05, 0.1) is 19.2 Å². The van der Waals surface area contributed by atoms with Crippen LogP contribution < -0.4 is 5.73 Å². The molecule has 42 heavy (non-hydrogen) atoms. The number of likely N-dealkylation sites (N-methyl/N-ethyl adjacent to an activating group) is 1. The Morgan fingerprint density at radius 3 is 2.10 bits per heavy atom. The molecule has 0 aliphatic carbocycles. The van der Waals surface area contributed by atoms with Gasteiger partial charge in [0.15, 0.2) is 0 Å². The van der Waals surface area contributed by atoms with E-state index in [1.54, 1.807) is 30.0 Å². The summed E-state index contributed by atoms with van der Waals surface area (Å²) in [7, 11) is 0. The third-order valence-corrected chi connectivity index (χ3v) is 7.18. The van der Waals surface area contributed by atoms with Crippen LogP contribution >= 0.6 is 0 Å². The van der Waals surface area contributed by atoms with E-state index in [9.17, 15) is 28.3 Å². The number of cyclic esters (lactones) is 1. The van der Waals surface area contributed by atoms with E-state index in [0.717, 1.165) is 31.0 Å². The standard InChI is InChI=1S/C31H42F2N4O5/c1-5-8-36(9-6-2)29(39)22-10-20(4)11-23(15-22)30(40)37(18-26-17-35(7-3)31(41)42-26)19-28(38)27(34)14-21-12-24(32)16-25(33)13-21/h10-13,15-16,26-28,38H,5-9,14,17-19,34H2,1-4H3/t26-,27+,28-/m1/s1. The van der Waals surface area contributed by atoms with Crippen molar-refractivity contribution in [3.8, 4) is 0 Å². The fourth-order valence-electron chi connectivity index (χ4n) is 5.16. The summed E-state index contributed by atoms with van der Waals surface area (Å²) in [6, 6.07) is 7.02. The molecule has 1 fully saturated rings. The van der Waals surface area contributed by atoms with E-state index < -0.39 is 41.9 Å². The van der Waals surface area contributed by atoms with Gasteiger partial charge in [0.2, 0.25) is 0 Å². The molecule has 1 heterocycles. The zero-order valence-corrected chi connectivity index (χ0v) is 24.8. The van der Waals surface area contributed by atoms with Crippen LogP contribution in [0.4, 0.5) is 13.6 Å². The van der Waals surface area contributed by atoms with Crippen LogP contribution in [0.5, 0.6) is 0 Å². The number of aliphatic hydroxyl groups is 1. The quantitative estimate of drug-likeness (QED) is 0.347. The summed E-state index contributed by atoms with van der Waals surface area (Å²) in [4.78, 5) is 44.0. The molecule has 0 bridgehead atoms. The van der Waals surface area contributed by atoms with Crippen molar-refractivity contribution in [2.45, 2.75) is 65.2 Å². The maximum absolute atomic E-state index is 13.9. The van der Waals surface area contributed by atoms with Crippen LogP contribution in [0.3, 0.4) is 0 Å². The fourth-order valence-corrected chi connectivity index (χ4v) is 5.16. The van der Waals surface area contributed by atoms with Crippen molar-refractivity contribution in [2.75, 3.05) is 39.3 Å². The Labute approximate surface area is 246 Å². The maximum Gasteiger partial charge on any atom is 0.410 e. The van der Waals surface area contributed by atoms with Crippen LogP contribution in [0.25, 0.3) is 0 Å². The Hall–Kier alpha value is -3.57. The Morgan fingerprint density at radius 1 is 1.00 bits per heavy atom. The van der Waals surface area contributed by atoms with Crippen molar-refractivity contribution in [3.63, 3.8) is 0 Å². The summed E-state index contributed by atoms with van der Waals surface area (Å²) in [5.74, 6) is -2.16. The molecule has 230 valence electrons. The predicted molar refractivity (Wildman–Crippen MR) is 155 cm³/mol. The summed E-state index contributed by atoms with van der Waals surface area (Å²) in [5, 5.41) is 11.0. The molecule has 2 aromatic carbocycles. The van der Waals surface area contributed by atoms with E-state index in [4.69, 9.17) is 10.5 Å². The monoisotopic (exact) mass is 588 g/mol. The number of aliphatic hydroxyl groups excluding tert-OH is 1. The van der Waals surface area contributed by atoms with E-state index in [1.165, 1.54) is 9.80 Å². The molecule has 1 aliphatic rings. The molecule has 3 N–H and O–H groups in total. The normalized spacial score (nSPS) is 16.2. The topological polar surface area (TPSA) is 116 Å². The minimum absolute atomic E-state index is 0.0194. The molecular weight excluding hydrogens is 546 g/mol. The predicted octanol–water partition coefficient (Wildman–Crippen LogP) is 3.75. The SMILES string of the molecule is CCCN(CCC)C(=O)c1cc(C)cc(C(=O)N(C[C@H]2CN(CC)C(=O)O2)C[C@@H](O)[C@@H](N)Cc2cc(F)cc(F)c2)c1. The summed E-state index contributed by atoms with van der Waals surface area (Å²) >= 11 is 0. The number of halogens is 2. The van der Waals surface area contributed by atoms with E-state index in [0.29, 0.717) is 30.8 Å². The zero-order valence-electron chi connectivity index (χ0n) is 24.8. The number of rotatable bonds is 14. The average molecular weight is 589 g/mol. The van der Waals surface area contributed by atoms with Crippen LogP contribution in [0, 0.1) is 18.6 Å². The number of benzene rings is 2. The van der Waals surface area contributed by atoms with Crippen LogP contribution in [-0.4, -0.2) is 95.2 Å². The lowest BCUT2D eigenvalue weighted by Gasteiger charge is -2.30. The molecule has 11 heteroatoms. The van der Waals surface area contributed by atoms with Gasteiger partial charge in [0, 0.05) is 49.4 Å². The summed E-state index contributed by atoms with van der Waals surface area (Å²) in [6.45, 7) is 9.25. The van der Waals surface area contributed by atoms with Crippen molar-refractivity contribution in [1.29, 1.82) is 0 Å². The first-order valence-electron chi connectivity index (χ1n) is 14.5. The molecule has 0 saturated carbocycles. The minimum atomic E-state index is -1.27. The first-order valence-corrected chi connectivity index (χ1v) is 14.5. The largest absolute Gasteiger partial charge is 0.442 e. The fraction of sp³-hybridized carbons (Fsp3) is 0.516. The maximum atomic E-state index is 13.9. The van der Waals surface area contributed by atoms with E-state index in [2.05, 4.69) is 0 Å². The molecule has 3 atom stereocenters. The number of hydrogen-bond donors (Lipinski definition) is 2. The first kappa shape index (κ1) is 32.9. The Bertz CT molecular complexity index is 1230. The van der Waals surface area contributed by atoms with Gasteiger partial charge in [-0.25, -0.2) is 13.6 Å². The second-order valence-electron chi connectivity index (χ2n) is 10.8. The molecular formula is C31H42F2N4O5. The average Bonchev–Trinajstić information content (AvgIpc) is 3.29. The first-order chi connectivity index (χ1) is 19.9. The highest BCUT2D eigenvalue weighted by Crippen LogP contribution is 2.19. The summed E-state index contributed by atoms with van der Waals surface area (Å²) in [5.41, 5.74) is 7.83. The summed E-state index contributed by atoms with van der Waals surface area (Å²) < 4.78 is 32.8. The number of hydrogen-bond acceptors (Lipinski definition) is 6. The van der Waals surface area contributed by atoms with Crippen molar-refractivity contribution in [3.05, 3.63) is 70.3 Å². The number of carbonyl (C=O) groups is 3. The van der Waals surface area contributed by atoms with E-state index in [-0.39, 0.29) is 43.1 Å². The van der Waals surface area contributed by atoms with Crippen LogP contribution in [0.1, 0.15) is 65.5 Å². The van der Waals surface area contributed by atoms with Gasteiger partial charge in [-0.15, -0.1) is 0 Å². The lowest BCUT2D eigenvalue weighted by atomic mass is 10.0. The lowest BCUT2D eigenvalue weighted by Crippen LogP contribution is -2.49. The Morgan fingerprint density at radius 2 is 1.57 bits per heavy atom. The summed E-state index contributed by atoms with van der Waals surface area (Å²) in [6.07, 6.45) is -0.838. The molecule has 1 saturated heterocycles. The van der Waals surface area contributed by atoms with Gasteiger partial charge in [-0.05, 0) is 74.6 Å². The van der Waals surface area contributed by atoms with E-state index in [1.807, 2.05) is 20.8 Å². The van der Waals surface area contributed by atoms with Crippen molar-refractivity contribution in [1.82, 2.24) is 14.7 Å². The van der Waals surface area contributed by atoms with Gasteiger partial charge in [-0.1, -0.05) is 13.8 Å². The van der Waals surface area contributed by atoms with Crippen LogP contribution in [-0.2, 0) is 11.2 Å². The number of ether oxygens (including phenoxy) is 1. The number of nitrogens with two attached hydrogens (primary N) is 1. The highest BCUT2D eigenvalue weighted by molar-refractivity contribution is 6.00. The molecule has 2 aromatic rings. The van der Waals surface area contributed by atoms with Gasteiger partial charge in [-0.2, -0.15) is 0 Å². The van der Waals surface area contributed by atoms with Gasteiger partial charge in [0.25, 0.3) is 11.8 Å².